The zero-order valence-electron chi connectivity index (χ0n) is 10.8. The molecule has 0 saturated heterocycles. The summed E-state index contributed by atoms with van der Waals surface area (Å²) in [6, 6.07) is 6.84. The molecule has 18 heavy (non-hydrogen) atoms. The fourth-order valence-electron chi connectivity index (χ4n) is 2.78. The maximum Gasteiger partial charge on any atom is 0.178 e. The number of fused-ring (bicyclic) bond motifs is 1. The summed E-state index contributed by atoms with van der Waals surface area (Å²) < 4.78 is 8.71. The number of hydrogen-bond donors (Lipinski definition) is 1. The Balaban J connectivity index is 1.96. The Hall–Kier alpha value is -1.13. The molecule has 4 heteroatoms. The Labute approximate surface area is 112 Å². The second-order valence-electron chi connectivity index (χ2n) is 4.97. The minimum atomic E-state index is 0.414. The van der Waals surface area contributed by atoms with Gasteiger partial charge in [-0.05, 0) is 50.5 Å². The van der Waals surface area contributed by atoms with Gasteiger partial charge in [0.05, 0.1) is 17.1 Å². The zero-order valence-corrected chi connectivity index (χ0v) is 11.6. The number of nitrogens with zero attached hydrogens (tertiary/aromatic N) is 1. The van der Waals surface area contributed by atoms with E-state index in [4.69, 9.17) is 17.0 Å². The third kappa shape index (κ3) is 1.80. The molecule has 2 aromatic rings. The molecule has 1 N–H and O–H groups in total. The molecule has 3 rings (SSSR count). The van der Waals surface area contributed by atoms with E-state index < -0.39 is 0 Å². The van der Waals surface area contributed by atoms with E-state index in [0.717, 1.165) is 24.2 Å². The monoisotopic (exact) mass is 262 g/mol. The van der Waals surface area contributed by atoms with Crippen molar-refractivity contribution in [2.24, 2.45) is 0 Å². The van der Waals surface area contributed by atoms with Gasteiger partial charge in [-0.1, -0.05) is 12.1 Å². The molecule has 1 aliphatic carbocycles. The molecule has 0 unspecified atom stereocenters. The lowest BCUT2D eigenvalue weighted by atomic mass is 9.89. The van der Waals surface area contributed by atoms with E-state index >= 15 is 0 Å². The Morgan fingerprint density at radius 3 is 2.94 bits per heavy atom. The van der Waals surface area contributed by atoms with Crippen molar-refractivity contribution in [3.8, 4) is 0 Å². The smallest absolute Gasteiger partial charge is 0.178 e. The average Bonchev–Trinajstić information content (AvgIpc) is 2.62. The first-order chi connectivity index (χ1) is 8.70. The first-order valence-electron chi connectivity index (χ1n) is 6.52. The van der Waals surface area contributed by atoms with Crippen LogP contribution in [0.2, 0.25) is 0 Å². The minimum absolute atomic E-state index is 0.414. The maximum atomic E-state index is 5.62. The molecule has 0 amide bonds. The van der Waals surface area contributed by atoms with Gasteiger partial charge in [-0.15, -0.1) is 0 Å². The number of H-pyrrole nitrogens is 1. The molecule has 0 aliphatic heterocycles. The van der Waals surface area contributed by atoms with Crippen LogP contribution in [-0.4, -0.2) is 22.3 Å². The van der Waals surface area contributed by atoms with Crippen LogP contribution in [0.15, 0.2) is 18.2 Å². The number of hydrogen-bond acceptors (Lipinski definition) is 2. The van der Waals surface area contributed by atoms with Crippen LogP contribution in [0.1, 0.15) is 31.4 Å². The van der Waals surface area contributed by atoms with Gasteiger partial charge < -0.3 is 14.3 Å². The normalized spacial score (nSPS) is 23.2. The number of aromatic amines is 1. The topological polar surface area (TPSA) is 29.9 Å². The SMILES string of the molecule is CCOC1CC(n2c(=S)[nH]c3c(C)cccc32)C1. The molecule has 1 aromatic carbocycles. The van der Waals surface area contributed by atoms with Gasteiger partial charge in [-0.2, -0.15) is 0 Å². The second-order valence-corrected chi connectivity index (χ2v) is 5.36. The zero-order chi connectivity index (χ0) is 12.7. The van der Waals surface area contributed by atoms with Gasteiger partial charge in [0.1, 0.15) is 0 Å². The first-order valence-corrected chi connectivity index (χ1v) is 6.93. The van der Waals surface area contributed by atoms with Crippen LogP contribution in [0.25, 0.3) is 11.0 Å². The van der Waals surface area contributed by atoms with E-state index in [2.05, 4.69) is 34.7 Å². The largest absolute Gasteiger partial charge is 0.378 e. The number of nitrogens with one attached hydrogen (secondary N) is 1. The van der Waals surface area contributed by atoms with Gasteiger partial charge in [0.15, 0.2) is 4.77 Å². The molecule has 0 bridgehead atoms. The first kappa shape index (κ1) is 11.9. The molecule has 96 valence electrons. The van der Waals surface area contributed by atoms with E-state index in [1.807, 2.05) is 6.92 Å². The van der Waals surface area contributed by atoms with Crippen LogP contribution in [0.4, 0.5) is 0 Å². The van der Waals surface area contributed by atoms with Crippen molar-refractivity contribution in [3.63, 3.8) is 0 Å². The molecule has 3 nitrogen and oxygen atoms in total. The Bertz CT molecular complexity index is 622. The van der Waals surface area contributed by atoms with E-state index in [1.54, 1.807) is 0 Å². The number of rotatable bonds is 3. The molecule has 0 spiro atoms. The number of para-hydroxylation sites is 1. The average molecular weight is 262 g/mol. The van der Waals surface area contributed by atoms with Gasteiger partial charge in [0.2, 0.25) is 0 Å². The lowest BCUT2D eigenvalue weighted by Crippen LogP contribution is -2.33. The van der Waals surface area contributed by atoms with Gasteiger partial charge in [0, 0.05) is 12.6 Å². The summed E-state index contributed by atoms with van der Waals surface area (Å²) in [6.45, 7) is 4.96. The number of aryl methyl sites for hydroxylation is 1. The molecule has 1 aliphatic rings. The lowest BCUT2D eigenvalue weighted by molar-refractivity contribution is -0.0190. The standard InChI is InChI=1S/C14H18N2OS/c1-3-17-11-7-10(8-11)16-12-6-4-5-9(2)13(12)15-14(16)18/h4-6,10-11H,3,7-8H2,1-2H3,(H,15,18). The van der Waals surface area contributed by atoms with Crippen molar-refractivity contribution in [3.05, 3.63) is 28.5 Å². The molecule has 1 heterocycles. The summed E-state index contributed by atoms with van der Waals surface area (Å²) in [7, 11) is 0. The quantitative estimate of drug-likeness (QED) is 0.854. The highest BCUT2D eigenvalue weighted by atomic mass is 32.1. The molecule has 1 saturated carbocycles. The molecule has 0 atom stereocenters. The summed E-state index contributed by atoms with van der Waals surface area (Å²) in [4.78, 5) is 3.33. The van der Waals surface area contributed by atoms with Crippen molar-refractivity contribution >= 4 is 23.3 Å². The predicted octanol–water partition coefficient (Wildman–Crippen LogP) is 3.75. The Morgan fingerprint density at radius 2 is 2.22 bits per heavy atom. The molecular formula is C14H18N2OS. The summed E-state index contributed by atoms with van der Waals surface area (Å²) in [6.07, 6.45) is 2.56. The number of ether oxygens (including phenoxy) is 1. The molecule has 1 aromatic heterocycles. The summed E-state index contributed by atoms with van der Waals surface area (Å²) in [5, 5.41) is 0. The van der Waals surface area contributed by atoms with E-state index in [1.165, 1.54) is 16.6 Å². The third-order valence-electron chi connectivity index (χ3n) is 3.80. The van der Waals surface area contributed by atoms with E-state index in [9.17, 15) is 0 Å². The number of aromatic nitrogens is 2. The van der Waals surface area contributed by atoms with Crippen LogP contribution >= 0.6 is 12.2 Å². The van der Waals surface area contributed by atoms with Gasteiger partial charge in [-0.3, -0.25) is 0 Å². The maximum absolute atomic E-state index is 5.62. The summed E-state index contributed by atoms with van der Waals surface area (Å²) in [5.41, 5.74) is 3.64. The van der Waals surface area contributed by atoms with Crippen LogP contribution in [0.3, 0.4) is 0 Å². The van der Waals surface area contributed by atoms with Crippen molar-refractivity contribution in [1.29, 1.82) is 0 Å². The van der Waals surface area contributed by atoms with Gasteiger partial charge in [0.25, 0.3) is 0 Å². The summed E-state index contributed by atoms with van der Waals surface area (Å²) in [5.74, 6) is 0. The van der Waals surface area contributed by atoms with Gasteiger partial charge in [-0.25, -0.2) is 0 Å². The second kappa shape index (κ2) is 4.52. The highest BCUT2D eigenvalue weighted by Crippen LogP contribution is 2.37. The predicted molar refractivity (Wildman–Crippen MR) is 75.5 cm³/mol. The van der Waals surface area contributed by atoms with Crippen molar-refractivity contribution < 1.29 is 4.74 Å². The Morgan fingerprint density at radius 1 is 1.44 bits per heavy atom. The van der Waals surface area contributed by atoms with Gasteiger partial charge >= 0.3 is 0 Å². The third-order valence-corrected chi connectivity index (χ3v) is 4.10. The summed E-state index contributed by atoms with van der Waals surface area (Å²) >= 11 is 5.46. The van der Waals surface area contributed by atoms with Crippen LogP contribution in [0, 0.1) is 11.7 Å². The van der Waals surface area contributed by atoms with Crippen molar-refractivity contribution in [2.75, 3.05) is 6.61 Å². The molecular weight excluding hydrogens is 244 g/mol. The number of imidazole rings is 1. The van der Waals surface area contributed by atoms with E-state index in [0.29, 0.717) is 12.1 Å². The van der Waals surface area contributed by atoms with Crippen molar-refractivity contribution in [2.45, 2.75) is 38.8 Å². The lowest BCUT2D eigenvalue weighted by Gasteiger charge is -2.36. The van der Waals surface area contributed by atoms with Crippen LogP contribution < -0.4 is 0 Å². The molecule has 0 radical (unpaired) electrons. The highest BCUT2D eigenvalue weighted by molar-refractivity contribution is 7.71. The van der Waals surface area contributed by atoms with Crippen molar-refractivity contribution in [1.82, 2.24) is 9.55 Å². The highest BCUT2D eigenvalue weighted by Gasteiger charge is 2.32. The fourth-order valence-corrected chi connectivity index (χ4v) is 3.12. The van der Waals surface area contributed by atoms with E-state index in [-0.39, 0.29) is 0 Å². The molecule has 1 fully saturated rings. The fraction of sp³-hybridized carbons (Fsp3) is 0.500. The van der Waals surface area contributed by atoms with Crippen LogP contribution in [-0.2, 0) is 4.74 Å². The Kier molecular flexibility index (Phi) is 2.99. The minimum Gasteiger partial charge on any atom is -0.378 e. The van der Waals surface area contributed by atoms with Crippen LogP contribution in [0.5, 0.6) is 0 Å². The number of benzene rings is 1.